The van der Waals surface area contributed by atoms with E-state index in [4.69, 9.17) is 16.1 Å². The fourth-order valence-corrected chi connectivity index (χ4v) is 1.80. The number of nitrogens with one attached hydrogen (secondary N) is 1. The van der Waals surface area contributed by atoms with Gasteiger partial charge in [-0.25, -0.2) is 0 Å². The first-order chi connectivity index (χ1) is 8.56. The first-order valence-electron chi connectivity index (χ1n) is 5.56. The minimum Gasteiger partial charge on any atom is -0.361 e. The van der Waals surface area contributed by atoms with Crippen LogP contribution in [0.15, 0.2) is 34.9 Å². The number of nitrogens with zero attached hydrogens (tertiary/aromatic N) is 1. The van der Waals surface area contributed by atoms with Gasteiger partial charge in [0.15, 0.2) is 5.69 Å². The zero-order valence-electron chi connectivity index (χ0n) is 10.1. The van der Waals surface area contributed by atoms with E-state index in [1.165, 1.54) is 0 Å². The minimum absolute atomic E-state index is 0.145. The molecule has 4 nitrogen and oxygen atoms in total. The van der Waals surface area contributed by atoms with Crippen molar-refractivity contribution in [2.75, 3.05) is 0 Å². The zero-order valence-corrected chi connectivity index (χ0v) is 10.9. The second-order valence-corrected chi connectivity index (χ2v) is 4.51. The molecule has 0 radical (unpaired) electrons. The molecule has 1 aromatic carbocycles. The number of hydrogen-bond donors (Lipinski definition) is 1. The fourth-order valence-electron chi connectivity index (χ4n) is 1.60. The van der Waals surface area contributed by atoms with E-state index in [0.29, 0.717) is 10.8 Å². The van der Waals surface area contributed by atoms with Crippen LogP contribution in [-0.4, -0.2) is 11.1 Å². The Balaban J connectivity index is 2.07. The summed E-state index contributed by atoms with van der Waals surface area (Å²) < 4.78 is 4.86. The van der Waals surface area contributed by atoms with Crippen LogP contribution >= 0.6 is 11.6 Å². The van der Waals surface area contributed by atoms with Gasteiger partial charge in [-0.05, 0) is 31.5 Å². The average Bonchev–Trinajstić information content (AvgIpc) is 2.76. The maximum absolute atomic E-state index is 11.9. The van der Waals surface area contributed by atoms with Gasteiger partial charge >= 0.3 is 0 Å². The number of carbonyl (C=O) groups is 1. The third kappa shape index (κ3) is 2.90. The Kier molecular flexibility index (Phi) is 3.67. The molecule has 0 fully saturated rings. The van der Waals surface area contributed by atoms with Gasteiger partial charge in [0, 0.05) is 11.1 Å². The molecule has 0 spiro atoms. The van der Waals surface area contributed by atoms with E-state index in [-0.39, 0.29) is 17.6 Å². The van der Waals surface area contributed by atoms with Gasteiger partial charge < -0.3 is 9.84 Å². The van der Waals surface area contributed by atoms with E-state index >= 15 is 0 Å². The molecule has 18 heavy (non-hydrogen) atoms. The van der Waals surface area contributed by atoms with Crippen LogP contribution in [0.1, 0.15) is 34.8 Å². The van der Waals surface area contributed by atoms with Crippen LogP contribution in [0, 0.1) is 6.92 Å². The van der Waals surface area contributed by atoms with Gasteiger partial charge in [0.2, 0.25) is 0 Å². The second-order valence-electron chi connectivity index (χ2n) is 4.07. The lowest BCUT2D eigenvalue weighted by atomic mass is 10.1. The van der Waals surface area contributed by atoms with Crippen LogP contribution in [-0.2, 0) is 0 Å². The third-order valence-corrected chi connectivity index (χ3v) is 2.79. The van der Waals surface area contributed by atoms with Crippen LogP contribution in [0.3, 0.4) is 0 Å². The highest BCUT2D eigenvalue weighted by atomic mass is 35.5. The lowest BCUT2D eigenvalue weighted by molar-refractivity contribution is 0.0930. The molecular formula is C13H13ClN2O2. The SMILES string of the molecule is Cc1cc(C(=O)NC(C)c2cccc(Cl)c2)no1. The van der Waals surface area contributed by atoms with Crippen LogP contribution in [0.5, 0.6) is 0 Å². The van der Waals surface area contributed by atoms with Crippen molar-refractivity contribution in [3.05, 3.63) is 52.4 Å². The van der Waals surface area contributed by atoms with Crippen LogP contribution < -0.4 is 5.32 Å². The fraction of sp³-hybridized carbons (Fsp3) is 0.231. The number of aromatic nitrogens is 1. The monoisotopic (exact) mass is 264 g/mol. The van der Waals surface area contributed by atoms with E-state index in [0.717, 1.165) is 5.56 Å². The molecule has 0 aliphatic rings. The van der Waals surface area contributed by atoms with Crippen molar-refractivity contribution in [3.63, 3.8) is 0 Å². The Morgan fingerprint density at radius 3 is 2.83 bits per heavy atom. The van der Waals surface area contributed by atoms with Gasteiger partial charge in [-0.15, -0.1) is 0 Å². The third-order valence-electron chi connectivity index (χ3n) is 2.56. The highest BCUT2D eigenvalue weighted by molar-refractivity contribution is 6.30. The summed E-state index contributed by atoms with van der Waals surface area (Å²) in [5.74, 6) is 0.342. The number of benzene rings is 1. The average molecular weight is 265 g/mol. The molecule has 1 N–H and O–H groups in total. The lowest BCUT2D eigenvalue weighted by Gasteiger charge is -2.13. The molecule has 0 saturated heterocycles. The lowest BCUT2D eigenvalue weighted by Crippen LogP contribution is -2.26. The number of aryl methyl sites for hydroxylation is 1. The highest BCUT2D eigenvalue weighted by Crippen LogP contribution is 2.17. The molecule has 5 heteroatoms. The Morgan fingerprint density at radius 1 is 1.44 bits per heavy atom. The number of hydrogen-bond acceptors (Lipinski definition) is 3. The van der Waals surface area contributed by atoms with Crippen LogP contribution in [0.2, 0.25) is 5.02 Å². The molecule has 1 unspecified atom stereocenters. The molecule has 0 aliphatic carbocycles. The summed E-state index contributed by atoms with van der Waals surface area (Å²) >= 11 is 5.91. The predicted molar refractivity (Wildman–Crippen MR) is 68.6 cm³/mol. The van der Waals surface area contributed by atoms with Gasteiger partial charge in [0.25, 0.3) is 5.91 Å². The van der Waals surface area contributed by atoms with Gasteiger partial charge in [-0.3, -0.25) is 4.79 Å². The quantitative estimate of drug-likeness (QED) is 0.927. The van der Waals surface area contributed by atoms with E-state index in [9.17, 15) is 4.79 Å². The molecule has 2 rings (SSSR count). The number of carbonyl (C=O) groups excluding carboxylic acids is 1. The van der Waals surface area contributed by atoms with Crippen molar-refractivity contribution >= 4 is 17.5 Å². The van der Waals surface area contributed by atoms with Crippen molar-refractivity contribution < 1.29 is 9.32 Å². The summed E-state index contributed by atoms with van der Waals surface area (Å²) in [6, 6.07) is 8.82. The largest absolute Gasteiger partial charge is 0.361 e. The van der Waals surface area contributed by atoms with Gasteiger partial charge in [0.1, 0.15) is 5.76 Å². The van der Waals surface area contributed by atoms with E-state index in [1.54, 1.807) is 19.1 Å². The van der Waals surface area contributed by atoms with E-state index in [1.807, 2.05) is 25.1 Å². The van der Waals surface area contributed by atoms with Gasteiger partial charge in [0.05, 0.1) is 6.04 Å². The van der Waals surface area contributed by atoms with Crippen molar-refractivity contribution in [1.29, 1.82) is 0 Å². The number of rotatable bonds is 3. The maximum Gasteiger partial charge on any atom is 0.273 e. The molecule has 94 valence electrons. The molecule has 1 amide bonds. The van der Waals surface area contributed by atoms with E-state index < -0.39 is 0 Å². The molecule has 0 saturated carbocycles. The Bertz CT molecular complexity index is 566. The predicted octanol–water partition coefficient (Wildman–Crippen LogP) is 3.13. The standard InChI is InChI=1S/C13H13ClN2O2/c1-8-6-12(16-18-8)13(17)15-9(2)10-4-3-5-11(14)7-10/h3-7,9H,1-2H3,(H,15,17). The molecule has 0 bridgehead atoms. The van der Waals surface area contributed by atoms with E-state index in [2.05, 4.69) is 10.5 Å². The Hall–Kier alpha value is -1.81. The van der Waals surface area contributed by atoms with Gasteiger partial charge in [-0.1, -0.05) is 28.9 Å². The number of halogens is 1. The van der Waals surface area contributed by atoms with Crippen molar-refractivity contribution in [2.45, 2.75) is 19.9 Å². The smallest absolute Gasteiger partial charge is 0.273 e. The molecule has 2 aromatic rings. The van der Waals surface area contributed by atoms with Crippen LogP contribution in [0.25, 0.3) is 0 Å². The molecule has 1 atom stereocenters. The maximum atomic E-state index is 11.9. The van der Waals surface area contributed by atoms with Crippen molar-refractivity contribution in [3.8, 4) is 0 Å². The van der Waals surface area contributed by atoms with Crippen LogP contribution in [0.4, 0.5) is 0 Å². The summed E-state index contributed by atoms with van der Waals surface area (Å²) in [4.78, 5) is 11.9. The molecule has 0 aliphatic heterocycles. The summed E-state index contributed by atoms with van der Waals surface area (Å²) in [6.45, 7) is 3.63. The first-order valence-corrected chi connectivity index (χ1v) is 5.93. The summed E-state index contributed by atoms with van der Waals surface area (Å²) in [5, 5.41) is 7.14. The Morgan fingerprint density at radius 2 is 2.22 bits per heavy atom. The normalized spacial score (nSPS) is 12.2. The molecule has 1 heterocycles. The van der Waals surface area contributed by atoms with Gasteiger partial charge in [-0.2, -0.15) is 0 Å². The summed E-state index contributed by atoms with van der Waals surface area (Å²) in [7, 11) is 0. The van der Waals surface area contributed by atoms with Crippen molar-refractivity contribution in [2.24, 2.45) is 0 Å². The first kappa shape index (κ1) is 12.6. The molecule has 1 aromatic heterocycles. The van der Waals surface area contributed by atoms with Crippen molar-refractivity contribution in [1.82, 2.24) is 10.5 Å². The molecular weight excluding hydrogens is 252 g/mol. The Labute approximate surface area is 110 Å². The zero-order chi connectivity index (χ0) is 13.1. The topological polar surface area (TPSA) is 55.1 Å². The minimum atomic E-state index is -0.265. The summed E-state index contributed by atoms with van der Waals surface area (Å²) in [6.07, 6.45) is 0. The number of amides is 1. The summed E-state index contributed by atoms with van der Waals surface area (Å²) in [5.41, 5.74) is 1.22. The highest BCUT2D eigenvalue weighted by Gasteiger charge is 2.14. The second kappa shape index (κ2) is 5.23.